The van der Waals surface area contributed by atoms with Gasteiger partial charge in [-0.05, 0) is 36.1 Å². The normalized spacial score (nSPS) is 10.5. The molecule has 1 aromatic rings. The summed E-state index contributed by atoms with van der Waals surface area (Å²) in [5.41, 5.74) is 2.57. The lowest BCUT2D eigenvalue weighted by molar-refractivity contribution is 0.0988. The third kappa shape index (κ3) is 3.32. The molecule has 0 aliphatic heterocycles. The Morgan fingerprint density at radius 1 is 1.06 bits per heavy atom. The van der Waals surface area contributed by atoms with E-state index >= 15 is 0 Å². The molecule has 0 amide bonds. The minimum Gasteiger partial charge on any atom is -0.507 e. The number of phenolic OH excluding ortho intramolecular Hbond substituents is 1. The van der Waals surface area contributed by atoms with E-state index in [4.69, 9.17) is 0 Å². The van der Waals surface area contributed by atoms with E-state index in [1.807, 2.05) is 19.1 Å². The maximum Gasteiger partial charge on any atom is 0.162 e. The molecule has 0 radical (unpaired) electrons. The van der Waals surface area contributed by atoms with Gasteiger partial charge in [0.1, 0.15) is 5.75 Å². The van der Waals surface area contributed by atoms with Crippen molar-refractivity contribution in [1.82, 2.24) is 0 Å². The van der Waals surface area contributed by atoms with Crippen LogP contribution in [0.1, 0.15) is 61.5 Å². The Labute approximate surface area is 104 Å². The van der Waals surface area contributed by atoms with Crippen LogP contribution in [0.25, 0.3) is 0 Å². The summed E-state index contributed by atoms with van der Waals surface area (Å²) in [4.78, 5) is 11.8. The predicted molar refractivity (Wildman–Crippen MR) is 70.7 cm³/mol. The van der Waals surface area contributed by atoms with E-state index in [0.717, 1.165) is 42.4 Å². The summed E-state index contributed by atoms with van der Waals surface area (Å²) in [6, 6.07) is 3.70. The molecule has 0 saturated heterocycles. The Kier molecular flexibility index (Phi) is 5.20. The van der Waals surface area contributed by atoms with Gasteiger partial charge in [0.25, 0.3) is 0 Å². The topological polar surface area (TPSA) is 37.3 Å². The molecule has 1 rings (SSSR count). The van der Waals surface area contributed by atoms with Crippen LogP contribution in [0.4, 0.5) is 0 Å². The number of carbonyl (C=O) groups excluding carboxylic acids is 1. The number of benzene rings is 1. The molecule has 0 unspecified atom stereocenters. The number of Topliss-reactive ketones (excluding diaryl/α,β-unsaturated/α-hetero) is 1. The Morgan fingerprint density at radius 3 is 1.88 bits per heavy atom. The fourth-order valence-corrected chi connectivity index (χ4v) is 2.04. The van der Waals surface area contributed by atoms with Crippen molar-refractivity contribution in [1.29, 1.82) is 0 Å². The lowest BCUT2D eigenvalue weighted by Gasteiger charge is -2.11. The fraction of sp³-hybridized carbons (Fsp3) is 0.533. The summed E-state index contributed by atoms with van der Waals surface area (Å²) in [6.45, 7) is 6.02. The van der Waals surface area contributed by atoms with Gasteiger partial charge in [-0.15, -0.1) is 0 Å². The summed E-state index contributed by atoms with van der Waals surface area (Å²) < 4.78 is 0. The summed E-state index contributed by atoms with van der Waals surface area (Å²) in [6.07, 6.45) is 4.12. The maximum atomic E-state index is 11.8. The van der Waals surface area contributed by atoms with E-state index in [9.17, 15) is 9.90 Å². The molecule has 2 heteroatoms. The van der Waals surface area contributed by atoms with Gasteiger partial charge in [0.05, 0.1) is 0 Å². The van der Waals surface area contributed by atoms with Crippen molar-refractivity contribution in [3.05, 3.63) is 28.8 Å². The molecule has 17 heavy (non-hydrogen) atoms. The van der Waals surface area contributed by atoms with Crippen molar-refractivity contribution < 1.29 is 9.90 Å². The molecule has 0 fully saturated rings. The average molecular weight is 234 g/mol. The van der Waals surface area contributed by atoms with Gasteiger partial charge in [-0.2, -0.15) is 0 Å². The summed E-state index contributed by atoms with van der Waals surface area (Å²) in [5, 5.41) is 10.1. The molecule has 2 nitrogen and oxygen atoms in total. The highest BCUT2D eigenvalue weighted by atomic mass is 16.3. The van der Waals surface area contributed by atoms with E-state index in [2.05, 4.69) is 13.8 Å². The molecule has 1 aromatic carbocycles. The Bertz CT molecular complexity index is 367. The molecule has 0 spiro atoms. The molecule has 0 bridgehead atoms. The SMILES string of the molecule is CCCc1cc(C(=O)CC)cc(CCC)c1O. The van der Waals surface area contributed by atoms with E-state index < -0.39 is 0 Å². The smallest absolute Gasteiger partial charge is 0.162 e. The molecule has 0 aliphatic carbocycles. The van der Waals surface area contributed by atoms with E-state index in [1.54, 1.807) is 0 Å². The Hall–Kier alpha value is -1.31. The van der Waals surface area contributed by atoms with Gasteiger partial charge in [0.15, 0.2) is 5.78 Å². The van der Waals surface area contributed by atoms with Crippen LogP contribution in [0.3, 0.4) is 0 Å². The second-order valence-corrected chi connectivity index (χ2v) is 4.42. The van der Waals surface area contributed by atoms with Crippen LogP contribution in [0.15, 0.2) is 12.1 Å². The highest BCUT2D eigenvalue weighted by molar-refractivity contribution is 5.96. The fourth-order valence-electron chi connectivity index (χ4n) is 2.04. The zero-order valence-electron chi connectivity index (χ0n) is 11.0. The van der Waals surface area contributed by atoms with Crippen molar-refractivity contribution in [3.63, 3.8) is 0 Å². The first-order chi connectivity index (χ1) is 8.13. The summed E-state index contributed by atoms with van der Waals surface area (Å²) in [5.74, 6) is 0.543. The average Bonchev–Trinajstić information content (AvgIpc) is 2.33. The number of carbonyl (C=O) groups is 1. The van der Waals surface area contributed by atoms with Gasteiger partial charge in [-0.3, -0.25) is 4.79 Å². The molecule has 0 saturated carbocycles. The zero-order valence-corrected chi connectivity index (χ0v) is 11.0. The lowest BCUT2D eigenvalue weighted by Crippen LogP contribution is -2.01. The van der Waals surface area contributed by atoms with Gasteiger partial charge in [-0.25, -0.2) is 0 Å². The van der Waals surface area contributed by atoms with E-state index in [0.29, 0.717) is 12.2 Å². The standard InChI is InChI=1S/C15H22O2/c1-4-7-11-9-13(14(16)6-3)10-12(8-5-2)15(11)17/h9-10,17H,4-8H2,1-3H3. The van der Waals surface area contributed by atoms with Crippen molar-refractivity contribution in [3.8, 4) is 5.75 Å². The molecular formula is C15H22O2. The first-order valence-electron chi connectivity index (χ1n) is 6.51. The van der Waals surface area contributed by atoms with Crippen LogP contribution >= 0.6 is 0 Å². The Balaban J connectivity index is 3.20. The van der Waals surface area contributed by atoms with Gasteiger partial charge < -0.3 is 5.11 Å². The van der Waals surface area contributed by atoms with Crippen LogP contribution < -0.4 is 0 Å². The molecular weight excluding hydrogens is 212 g/mol. The second-order valence-electron chi connectivity index (χ2n) is 4.42. The molecule has 0 aliphatic rings. The monoisotopic (exact) mass is 234 g/mol. The van der Waals surface area contributed by atoms with Gasteiger partial charge in [-0.1, -0.05) is 33.6 Å². The lowest BCUT2D eigenvalue weighted by atomic mass is 9.96. The van der Waals surface area contributed by atoms with E-state index in [1.165, 1.54) is 0 Å². The number of hydrogen-bond acceptors (Lipinski definition) is 2. The summed E-state index contributed by atoms with van der Waals surface area (Å²) in [7, 11) is 0. The molecule has 1 N–H and O–H groups in total. The van der Waals surface area contributed by atoms with Gasteiger partial charge in [0, 0.05) is 12.0 Å². The molecule has 0 heterocycles. The van der Waals surface area contributed by atoms with Gasteiger partial charge in [0.2, 0.25) is 0 Å². The number of hydrogen-bond donors (Lipinski definition) is 1. The quantitative estimate of drug-likeness (QED) is 0.758. The summed E-state index contributed by atoms with van der Waals surface area (Å²) >= 11 is 0. The third-order valence-electron chi connectivity index (χ3n) is 2.95. The number of phenols is 1. The van der Waals surface area contributed by atoms with Crippen molar-refractivity contribution in [2.75, 3.05) is 0 Å². The third-order valence-corrected chi connectivity index (χ3v) is 2.95. The number of aryl methyl sites for hydroxylation is 2. The highest BCUT2D eigenvalue weighted by Gasteiger charge is 2.12. The van der Waals surface area contributed by atoms with Gasteiger partial charge >= 0.3 is 0 Å². The molecule has 0 atom stereocenters. The minimum atomic E-state index is 0.153. The van der Waals surface area contributed by atoms with Crippen LogP contribution in [0, 0.1) is 0 Å². The predicted octanol–water partition coefficient (Wildman–Crippen LogP) is 3.89. The molecule has 94 valence electrons. The van der Waals surface area contributed by atoms with Crippen molar-refractivity contribution in [2.24, 2.45) is 0 Å². The van der Waals surface area contributed by atoms with Crippen molar-refractivity contribution in [2.45, 2.75) is 52.9 Å². The van der Waals surface area contributed by atoms with Crippen LogP contribution in [0.2, 0.25) is 0 Å². The van der Waals surface area contributed by atoms with Crippen LogP contribution in [0.5, 0.6) is 5.75 Å². The largest absolute Gasteiger partial charge is 0.507 e. The zero-order chi connectivity index (χ0) is 12.8. The molecule has 0 aromatic heterocycles. The van der Waals surface area contributed by atoms with Crippen molar-refractivity contribution >= 4 is 5.78 Å². The highest BCUT2D eigenvalue weighted by Crippen LogP contribution is 2.27. The van der Waals surface area contributed by atoms with E-state index in [-0.39, 0.29) is 5.78 Å². The van der Waals surface area contributed by atoms with Crippen LogP contribution in [-0.2, 0) is 12.8 Å². The maximum absolute atomic E-state index is 11.8. The first-order valence-corrected chi connectivity index (χ1v) is 6.51. The number of ketones is 1. The minimum absolute atomic E-state index is 0.153. The Morgan fingerprint density at radius 2 is 1.53 bits per heavy atom. The second kappa shape index (κ2) is 6.43. The number of aromatic hydroxyl groups is 1. The van der Waals surface area contributed by atoms with Crippen LogP contribution in [-0.4, -0.2) is 10.9 Å². The first kappa shape index (κ1) is 13.8. The number of rotatable bonds is 6.